The number of carbonyl (C=O) groups is 2. The normalized spacial score (nSPS) is 9.94. The second-order valence-electron chi connectivity index (χ2n) is 4.06. The van der Waals surface area contributed by atoms with Gasteiger partial charge >= 0.3 is 5.97 Å². The average Bonchev–Trinajstić information content (AvgIpc) is 2.36. The number of benzene rings is 1. The highest BCUT2D eigenvalue weighted by molar-refractivity contribution is 5.99. The first-order valence-electron chi connectivity index (χ1n) is 5.74. The van der Waals surface area contributed by atoms with E-state index < -0.39 is 5.97 Å². The van der Waals surface area contributed by atoms with Crippen LogP contribution in [-0.4, -0.2) is 37.5 Å². The van der Waals surface area contributed by atoms with E-state index in [1.807, 2.05) is 6.92 Å². The molecule has 1 aromatic rings. The van der Waals surface area contributed by atoms with Gasteiger partial charge in [-0.05, 0) is 24.6 Å². The van der Waals surface area contributed by atoms with Crippen molar-refractivity contribution in [3.05, 3.63) is 29.3 Å². The monoisotopic (exact) mass is 250 g/mol. The third-order valence-electron chi connectivity index (χ3n) is 2.53. The van der Waals surface area contributed by atoms with Crippen molar-refractivity contribution < 1.29 is 14.3 Å². The van der Waals surface area contributed by atoms with Crippen molar-refractivity contribution in [1.82, 2.24) is 4.90 Å². The largest absolute Gasteiger partial charge is 0.465 e. The molecule has 5 nitrogen and oxygen atoms in total. The van der Waals surface area contributed by atoms with E-state index >= 15 is 0 Å². The number of nitrogens with two attached hydrogens (primary N) is 1. The summed E-state index contributed by atoms with van der Waals surface area (Å²) >= 11 is 0. The van der Waals surface area contributed by atoms with Crippen molar-refractivity contribution in [2.24, 2.45) is 0 Å². The molecule has 0 bridgehead atoms. The van der Waals surface area contributed by atoms with Crippen LogP contribution in [0.5, 0.6) is 0 Å². The molecule has 0 heterocycles. The van der Waals surface area contributed by atoms with Gasteiger partial charge in [-0.3, -0.25) is 4.79 Å². The fourth-order valence-corrected chi connectivity index (χ4v) is 1.67. The van der Waals surface area contributed by atoms with Gasteiger partial charge in [-0.2, -0.15) is 0 Å². The molecule has 0 radical (unpaired) electrons. The Balaban J connectivity index is 3.06. The average molecular weight is 250 g/mol. The van der Waals surface area contributed by atoms with Gasteiger partial charge in [0.15, 0.2) is 0 Å². The summed E-state index contributed by atoms with van der Waals surface area (Å²) in [6, 6.07) is 4.54. The number of hydrogen-bond donors (Lipinski definition) is 1. The fraction of sp³-hybridized carbons (Fsp3) is 0.385. The van der Waals surface area contributed by atoms with E-state index in [1.54, 1.807) is 18.0 Å². The Morgan fingerprint density at radius 1 is 1.28 bits per heavy atom. The van der Waals surface area contributed by atoms with Crippen molar-refractivity contribution in [2.75, 3.05) is 26.4 Å². The number of esters is 1. The zero-order chi connectivity index (χ0) is 13.7. The van der Waals surface area contributed by atoms with Crippen LogP contribution >= 0.6 is 0 Å². The number of nitrogen functional groups attached to an aromatic ring is 1. The smallest absolute Gasteiger partial charge is 0.337 e. The van der Waals surface area contributed by atoms with Gasteiger partial charge in [0.25, 0.3) is 5.91 Å². The van der Waals surface area contributed by atoms with Crippen molar-refractivity contribution in [2.45, 2.75) is 13.3 Å². The highest BCUT2D eigenvalue weighted by Gasteiger charge is 2.15. The van der Waals surface area contributed by atoms with Crippen LogP contribution in [-0.2, 0) is 4.74 Å². The summed E-state index contributed by atoms with van der Waals surface area (Å²) in [7, 11) is 3.00. The summed E-state index contributed by atoms with van der Waals surface area (Å²) in [4.78, 5) is 25.1. The second-order valence-corrected chi connectivity index (χ2v) is 4.06. The van der Waals surface area contributed by atoms with Gasteiger partial charge < -0.3 is 15.4 Å². The van der Waals surface area contributed by atoms with Crippen LogP contribution in [0.3, 0.4) is 0 Å². The minimum atomic E-state index is -0.505. The molecule has 0 aliphatic carbocycles. The molecular weight excluding hydrogens is 232 g/mol. The molecule has 0 saturated heterocycles. The molecule has 0 aliphatic heterocycles. The molecule has 5 heteroatoms. The molecule has 0 unspecified atom stereocenters. The van der Waals surface area contributed by atoms with E-state index in [4.69, 9.17) is 5.73 Å². The molecule has 1 aromatic carbocycles. The molecule has 1 amide bonds. The number of methoxy groups -OCH3 is 1. The molecule has 0 spiro atoms. The fourth-order valence-electron chi connectivity index (χ4n) is 1.67. The van der Waals surface area contributed by atoms with Gasteiger partial charge in [-0.25, -0.2) is 4.79 Å². The standard InChI is InChI=1S/C13H18N2O3/c1-4-5-15(2)12(16)9-6-10(13(17)18-3)8-11(14)7-9/h6-8H,4-5,14H2,1-3H3. The van der Waals surface area contributed by atoms with Gasteiger partial charge in [-0.1, -0.05) is 6.92 Å². The number of ether oxygens (including phenoxy) is 1. The first kappa shape index (κ1) is 14.0. The predicted molar refractivity (Wildman–Crippen MR) is 69.4 cm³/mol. The Morgan fingerprint density at radius 3 is 2.44 bits per heavy atom. The first-order chi connectivity index (χ1) is 8.49. The number of anilines is 1. The maximum atomic E-state index is 12.1. The Morgan fingerprint density at radius 2 is 1.89 bits per heavy atom. The number of nitrogens with zero attached hydrogens (tertiary/aromatic N) is 1. The third-order valence-corrected chi connectivity index (χ3v) is 2.53. The zero-order valence-electron chi connectivity index (χ0n) is 10.9. The predicted octanol–water partition coefficient (Wildman–Crippen LogP) is 1.54. The summed E-state index contributed by atoms with van der Waals surface area (Å²) in [6.07, 6.45) is 0.869. The summed E-state index contributed by atoms with van der Waals surface area (Å²) < 4.78 is 4.61. The van der Waals surface area contributed by atoms with Crippen molar-refractivity contribution in [3.8, 4) is 0 Å². The Labute approximate surface area is 107 Å². The lowest BCUT2D eigenvalue weighted by atomic mass is 10.1. The molecule has 0 saturated carbocycles. The molecule has 0 aromatic heterocycles. The summed E-state index contributed by atoms with van der Waals surface area (Å²) in [6.45, 7) is 2.64. The van der Waals surface area contributed by atoms with Crippen LogP contribution in [0.1, 0.15) is 34.1 Å². The molecule has 2 N–H and O–H groups in total. The highest BCUT2D eigenvalue weighted by Crippen LogP contribution is 2.14. The molecular formula is C13H18N2O3. The van der Waals surface area contributed by atoms with E-state index in [-0.39, 0.29) is 11.5 Å². The second kappa shape index (κ2) is 6.05. The lowest BCUT2D eigenvalue weighted by molar-refractivity contribution is 0.0601. The van der Waals surface area contributed by atoms with E-state index in [0.717, 1.165) is 6.42 Å². The van der Waals surface area contributed by atoms with E-state index in [2.05, 4.69) is 4.74 Å². The molecule has 98 valence electrons. The van der Waals surface area contributed by atoms with E-state index in [1.165, 1.54) is 19.2 Å². The topological polar surface area (TPSA) is 72.6 Å². The maximum absolute atomic E-state index is 12.1. The van der Waals surface area contributed by atoms with Crippen LogP contribution in [0.4, 0.5) is 5.69 Å². The van der Waals surface area contributed by atoms with Crippen LogP contribution < -0.4 is 5.73 Å². The minimum absolute atomic E-state index is 0.158. The SMILES string of the molecule is CCCN(C)C(=O)c1cc(N)cc(C(=O)OC)c1. The lowest BCUT2D eigenvalue weighted by Crippen LogP contribution is -2.27. The van der Waals surface area contributed by atoms with Crippen LogP contribution in [0.15, 0.2) is 18.2 Å². The van der Waals surface area contributed by atoms with Crippen molar-refractivity contribution >= 4 is 17.6 Å². The Bertz CT molecular complexity index is 458. The van der Waals surface area contributed by atoms with E-state index in [0.29, 0.717) is 17.8 Å². The maximum Gasteiger partial charge on any atom is 0.337 e. The van der Waals surface area contributed by atoms with Crippen LogP contribution in [0.2, 0.25) is 0 Å². The van der Waals surface area contributed by atoms with Crippen molar-refractivity contribution in [3.63, 3.8) is 0 Å². The van der Waals surface area contributed by atoms with E-state index in [9.17, 15) is 9.59 Å². The van der Waals surface area contributed by atoms with Crippen molar-refractivity contribution in [1.29, 1.82) is 0 Å². The molecule has 0 aliphatic rings. The summed E-state index contributed by atoms with van der Waals surface area (Å²) in [5, 5.41) is 0. The van der Waals surface area contributed by atoms with Gasteiger partial charge in [0.1, 0.15) is 0 Å². The van der Waals surface area contributed by atoms with Gasteiger partial charge in [0.2, 0.25) is 0 Å². The number of hydrogen-bond acceptors (Lipinski definition) is 4. The Hall–Kier alpha value is -2.04. The highest BCUT2D eigenvalue weighted by atomic mass is 16.5. The Kier molecular flexibility index (Phi) is 4.71. The molecule has 0 fully saturated rings. The number of carbonyl (C=O) groups excluding carboxylic acids is 2. The number of amides is 1. The zero-order valence-corrected chi connectivity index (χ0v) is 10.9. The van der Waals surface area contributed by atoms with Gasteiger partial charge in [-0.15, -0.1) is 0 Å². The lowest BCUT2D eigenvalue weighted by Gasteiger charge is -2.16. The number of rotatable bonds is 4. The molecule has 18 heavy (non-hydrogen) atoms. The summed E-state index contributed by atoms with van der Waals surface area (Å²) in [5.41, 5.74) is 6.73. The quantitative estimate of drug-likeness (QED) is 0.650. The minimum Gasteiger partial charge on any atom is -0.465 e. The third kappa shape index (κ3) is 3.23. The van der Waals surface area contributed by atoms with Gasteiger partial charge in [0, 0.05) is 24.8 Å². The first-order valence-corrected chi connectivity index (χ1v) is 5.74. The van der Waals surface area contributed by atoms with Crippen LogP contribution in [0.25, 0.3) is 0 Å². The van der Waals surface area contributed by atoms with Crippen LogP contribution in [0, 0.1) is 0 Å². The summed E-state index contributed by atoms with van der Waals surface area (Å²) in [5.74, 6) is -0.663. The molecule has 0 atom stereocenters. The van der Waals surface area contributed by atoms with Gasteiger partial charge in [0.05, 0.1) is 12.7 Å². The molecule has 1 rings (SSSR count).